The van der Waals surface area contributed by atoms with Crippen molar-refractivity contribution in [1.29, 1.82) is 0 Å². The van der Waals surface area contributed by atoms with E-state index < -0.39 is 11.5 Å². The summed E-state index contributed by atoms with van der Waals surface area (Å²) in [5.41, 5.74) is -0.308. The molecule has 0 radical (unpaired) electrons. The van der Waals surface area contributed by atoms with Gasteiger partial charge in [-0.2, -0.15) is 0 Å². The van der Waals surface area contributed by atoms with Gasteiger partial charge in [0.15, 0.2) is 5.65 Å². The summed E-state index contributed by atoms with van der Waals surface area (Å²) in [6, 6.07) is 5.68. The predicted molar refractivity (Wildman–Crippen MR) is 61.9 cm³/mol. The monoisotopic (exact) mass is 245 g/mol. The van der Waals surface area contributed by atoms with Gasteiger partial charge in [0.2, 0.25) is 0 Å². The summed E-state index contributed by atoms with van der Waals surface area (Å²) in [4.78, 5) is 26.9. The fourth-order valence-corrected chi connectivity index (χ4v) is 1.81. The first kappa shape index (κ1) is 10.3. The molecule has 3 aromatic rings. The number of rotatable bonds is 1. The van der Waals surface area contributed by atoms with Gasteiger partial charge < -0.3 is 10.2 Å². The van der Waals surface area contributed by atoms with Crippen molar-refractivity contribution in [1.82, 2.24) is 14.6 Å². The van der Waals surface area contributed by atoms with Crippen LogP contribution in [0.15, 0.2) is 29.1 Å². The molecule has 0 spiro atoms. The van der Waals surface area contributed by atoms with Crippen LogP contribution in [0.4, 0.5) is 0 Å². The van der Waals surface area contributed by atoms with Gasteiger partial charge in [-0.05, 0) is 12.1 Å². The van der Waals surface area contributed by atoms with Crippen LogP contribution in [0.3, 0.4) is 0 Å². The Morgan fingerprint density at radius 1 is 1.39 bits per heavy atom. The lowest BCUT2D eigenvalue weighted by atomic mass is 10.2. The number of para-hydroxylation sites is 1. The van der Waals surface area contributed by atoms with Gasteiger partial charge in [0.25, 0.3) is 5.56 Å². The van der Waals surface area contributed by atoms with E-state index in [4.69, 9.17) is 5.11 Å². The molecule has 0 aliphatic heterocycles. The fraction of sp³-hybridized carbons (Fsp3) is 0. The molecule has 0 atom stereocenters. The first-order chi connectivity index (χ1) is 8.58. The van der Waals surface area contributed by atoms with Gasteiger partial charge in [-0.15, -0.1) is 0 Å². The number of hydrogen-bond donors (Lipinski definition) is 3. The van der Waals surface area contributed by atoms with Crippen LogP contribution in [0, 0.1) is 0 Å². The number of benzene rings is 1. The molecule has 90 valence electrons. The second kappa shape index (κ2) is 3.33. The lowest BCUT2D eigenvalue weighted by Crippen LogP contribution is -2.15. The number of aromatic amines is 1. The molecule has 7 nitrogen and oxygen atoms in total. The second-order valence-corrected chi connectivity index (χ2v) is 3.76. The molecular weight excluding hydrogens is 238 g/mol. The quantitative estimate of drug-likeness (QED) is 0.581. The van der Waals surface area contributed by atoms with E-state index in [1.54, 1.807) is 0 Å². The summed E-state index contributed by atoms with van der Waals surface area (Å²) < 4.78 is 1.03. The lowest BCUT2D eigenvalue weighted by Gasteiger charge is -1.99. The molecule has 0 fully saturated rings. The molecule has 18 heavy (non-hydrogen) atoms. The molecule has 1 aromatic carbocycles. The molecule has 7 heteroatoms. The van der Waals surface area contributed by atoms with E-state index in [0.717, 1.165) is 4.52 Å². The number of nitrogens with zero attached hydrogens (tertiary/aromatic N) is 2. The van der Waals surface area contributed by atoms with Gasteiger partial charge in [0.1, 0.15) is 17.0 Å². The lowest BCUT2D eigenvalue weighted by molar-refractivity contribution is 0.0690. The molecule has 2 heterocycles. The van der Waals surface area contributed by atoms with Gasteiger partial charge in [-0.1, -0.05) is 6.07 Å². The molecule has 0 saturated heterocycles. The Kier molecular flexibility index (Phi) is 1.91. The van der Waals surface area contributed by atoms with Crippen LogP contribution in [0.1, 0.15) is 10.5 Å². The van der Waals surface area contributed by atoms with Crippen molar-refractivity contribution < 1.29 is 15.0 Å². The summed E-state index contributed by atoms with van der Waals surface area (Å²) in [6.45, 7) is 0. The van der Waals surface area contributed by atoms with E-state index in [1.165, 1.54) is 24.3 Å². The minimum Gasteiger partial charge on any atom is -0.506 e. The highest BCUT2D eigenvalue weighted by Crippen LogP contribution is 2.20. The zero-order valence-electron chi connectivity index (χ0n) is 8.91. The predicted octanol–water partition coefficient (Wildman–Crippen LogP) is 0.580. The maximum atomic E-state index is 12.1. The van der Waals surface area contributed by atoms with Crippen LogP contribution < -0.4 is 5.56 Å². The van der Waals surface area contributed by atoms with Crippen molar-refractivity contribution >= 4 is 22.5 Å². The fourth-order valence-electron chi connectivity index (χ4n) is 1.81. The Hall–Kier alpha value is -2.83. The Morgan fingerprint density at radius 2 is 2.17 bits per heavy atom. The topological polar surface area (TPSA) is 108 Å². The number of phenolic OH excluding ortho intramolecular Hbond substituents is 1. The smallest absolute Gasteiger partial charge is 0.353 e. The van der Waals surface area contributed by atoms with Crippen molar-refractivity contribution in [2.24, 2.45) is 0 Å². The molecule has 0 bridgehead atoms. The molecule has 0 unspecified atom stereocenters. The molecule has 2 aromatic heterocycles. The van der Waals surface area contributed by atoms with Crippen LogP contribution in [0.5, 0.6) is 5.75 Å². The van der Waals surface area contributed by atoms with Gasteiger partial charge >= 0.3 is 5.97 Å². The second-order valence-electron chi connectivity index (χ2n) is 3.76. The van der Waals surface area contributed by atoms with Crippen molar-refractivity contribution in [3.05, 3.63) is 40.3 Å². The first-order valence-electron chi connectivity index (χ1n) is 5.04. The number of hydrogen-bond acceptors (Lipinski definition) is 4. The highest BCUT2D eigenvalue weighted by atomic mass is 16.4. The van der Waals surface area contributed by atoms with E-state index in [9.17, 15) is 14.7 Å². The summed E-state index contributed by atoms with van der Waals surface area (Å²) in [5.74, 6) is -1.31. The van der Waals surface area contributed by atoms with Crippen LogP contribution in [-0.2, 0) is 0 Å². The third kappa shape index (κ3) is 1.27. The number of nitrogens with one attached hydrogen (secondary N) is 1. The third-order valence-electron chi connectivity index (χ3n) is 2.64. The molecule has 0 amide bonds. The molecular formula is C11H7N3O4. The standard InChI is InChI=1S/C11H7N3O4/c15-7-3-1-2-5-9(7)12-8-4-6(11(17)18)13-14(8)10(5)16/h1-4,13,15H,(H,17,18). The normalized spacial score (nSPS) is 11.1. The molecule has 0 saturated carbocycles. The number of carboxylic acids is 1. The van der Waals surface area contributed by atoms with Crippen LogP contribution in [0.2, 0.25) is 0 Å². The van der Waals surface area contributed by atoms with Crippen molar-refractivity contribution in [2.45, 2.75) is 0 Å². The van der Waals surface area contributed by atoms with Gasteiger partial charge in [-0.25, -0.2) is 14.3 Å². The number of carboxylic acid groups (broad SMARTS) is 1. The van der Waals surface area contributed by atoms with E-state index in [1.807, 2.05) is 0 Å². The maximum absolute atomic E-state index is 12.1. The zero-order valence-corrected chi connectivity index (χ0v) is 8.91. The van der Waals surface area contributed by atoms with E-state index >= 15 is 0 Å². The van der Waals surface area contributed by atoms with E-state index in [2.05, 4.69) is 10.1 Å². The molecule has 3 N–H and O–H groups in total. The summed E-state index contributed by atoms with van der Waals surface area (Å²) in [6.07, 6.45) is 0. The zero-order chi connectivity index (χ0) is 12.9. The number of aromatic hydroxyl groups is 1. The minimum absolute atomic E-state index is 0.120. The Balaban J connectivity index is 2.53. The highest BCUT2D eigenvalue weighted by Gasteiger charge is 2.13. The average Bonchev–Trinajstić information content (AvgIpc) is 2.75. The van der Waals surface area contributed by atoms with Crippen LogP contribution in [0.25, 0.3) is 16.6 Å². The summed E-state index contributed by atoms with van der Waals surface area (Å²) in [5, 5.41) is 21.1. The maximum Gasteiger partial charge on any atom is 0.353 e. The average molecular weight is 245 g/mol. The van der Waals surface area contributed by atoms with Crippen molar-refractivity contribution in [3.63, 3.8) is 0 Å². The number of fused-ring (bicyclic) bond motifs is 2. The van der Waals surface area contributed by atoms with Crippen LogP contribution >= 0.6 is 0 Å². The number of carbonyl (C=O) groups is 1. The van der Waals surface area contributed by atoms with Crippen molar-refractivity contribution in [2.75, 3.05) is 0 Å². The Morgan fingerprint density at radius 3 is 2.89 bits per heavy atom. The first-order valence-corrected chi connectivity index (χ1v) is 5.04. The van der Waals surface area contributed by atoms with Gasteiger partial charge in [0, 0.05) is 6.07 Å². The number of aromatic carboxylic acids is 1. The molecule has 0 aliphatic rings. The number of phenols is 1. The van der Waals surface area contributed by atoms with E-state index in [-0.39, 0.29) is 28.0 Å². The number of H-pyrrole nitrogens is 1. The molecule has 0 aliphatic carbocycles. The number of aromatic nitrogens is 3. The molecule has 3 rings (SSSR count). The SMILES string of the molecule is O=C(O)c1cc2nc3c(O)cccc3c(=O)n2[nH]1. The van der Waals surface area contributed by atoms with Crippen molar-refractivity contribution in [3.8, 4) is 5.75 Å². The summed E-state index contributed by atoms with van der Waals surface area (Å²) >= 11 is 0. The highest BCUT2D eigenvalue weighted by molar-refractivity contribution is 5.88. The third-order valence-corrected chi connectivity index (χ3v) is 2.64. The minimum atomic E-state index is -1.19. The largest absolute Gasteiger partial charge is 0.506 e. The van der Waals surface area contributed by atoms with E-state index in [0.29, 0.717) is 0 Å². The summed E-state index contributed by atoms with van der Waals surface area (Å²) in [7, 11) is 0. The van der Waals surface area contributed by atoms with Gasteiger partial charge in [0.05, 0.1) is 5.39 Å². The van der Waals surface area contributed by atoms with Crippen LogP contribution in [-0.4, -0.2) is 30.8 Å². The Labute approximate surface area is 98.9 Å². The Bertz CT molecular complexity index is 846. The van der Waals surface area contributed by atoms with Gasteiger partial charge in [-0.3, -0.25) is 9.89 Å².